The molecule has 0 aliphatic heterocycles. The second-order valence-electron chi connectivity index (χ2n) is 3.64. The summed E-state index contributed by atoms with van der Waals surface area (Å²) in [6.07, 6.45) is 4.82. The van der Waals surface area contributed by atoms with Crippen LogP contribution in [0.1, 0.15) is 39.0 Å². The lowest BCUT2D eigenvalue weighted by atomic mass is 10.2. The van der Waals surface area contributed by atoms with Gasteiger partial charge in [0, 0.05) is 13.0 Å². The third kappa shape index (κ3) is 2.48. The van der Waals surface area contributed by atoms with Crippen molar-refractivity contribution >= 4 is 5.91 Å². The lowest BCUT2D eigenvalue weighted by Gasteiger charge is -2.14. The van der Waals surface area contributed by atoms with E-state index in [1.54, 1.807) is 0 Å². The molecule has 1 amide bonds. The predicted octanol–water partition coefficient (Wildman–Crippen LogP) is 0.784. The first-order valence-corrected chi connectivity index (χ1v) is 4.73. The van der Waals surface area contributed by atoms with Crippen LogP contribution in [0, 0.1) is 0 Å². The van der Waals surface area contributed by atoms with Crippen LogP contribution in [-0.2, 0) is 4.79 Å². The molecular weight excluding hydrogens is 152 g/mol. The maximum Gasteiger partial charge on any atom is 0.220 e. The zero-order valence-electron chi connectivity index (χ0n) is 7.73. The van der Waals surface area contributed by atoms with E-state index in [0.717, 1.165) is 25.7 Å². The summed E-state index contributed by atoms with van der Waals surface area (Å²) >= 11 is 0. The average molecular weight is 170 g/mol. The van der Waals surface area contributed by atoms with Crippen LogP contribution in [0.25, 0.3) is 0 Å². The van der Waals surface area contributed by atoms with Crippen molar-refractivity contribution in [3.63, 3.8) is 0 Å². The number of hydrogen-bond acceptors (Lipinski definition) is 2. The molecule has 0 radical (unpaired) electrons. The van der Waals surface area contributed by atoms with Gasteiger partial charge in [0.1, 0.15) is 0 Å². The third-order valence-electron chi connectivity index (χ3n) is 2.41. The second-order valence-corrected chi connectivity index (χ2v) is 3.64. The van der Waals surface area contributed by atoms with Crippen LogP contribution in [0.15, 0.2) is 0 Å². The molecular formula is C9H18N2O. The van der Waals surface area contributed by atoms with E-state index < -0.39 is 0 Å². The SMILES string of the molecule is CCCCC(=O)NC1(CN)CC1. The molecule has 0 aromatic heterocycles. The van der Waals surface area contributed by atoms with Crippen LogP contribution in [0.3, 0.4) is 0 Å². The van der Waals surface area contributed by atoms with E-state index in [1.165, 1.54) is 0 Å². The standard InChI is InChI=1S/C9H18N2O/c1-2-3-4-8(12)11-9(7-10)5-6-9/h2-7,10H2,1H3,(H,11,12). The minimum Gasteiger partial charge on any atom is -0.349 e. The van der Waals surface area contributed by atoms with E-state index >= 15 is 0 Å². The summed E-state index contributed by atoms with van der Waals surface area (Å²) in [6.45, 7) is 2.67. The van der Waals surface area contributed by atoms with E-state index in [2.05, 4.69) is 12.2 Å². The number of carbonyl (C=O) groups is 1. The first kappa shape index (κ1) is 9.52. The minimum absolute atomic E-state index is 0.00910. The largest absolute Gasteiger partial charge is 0.349 e. The van der Waals surface area contributed by atoms with Crippen molar-refractivity contribution in [1.82, 2.24) is 5.32 Å². The van der Waals surface area contributed by atoms with Crippen molar-refractivity contribution in [1.29, 1.82) is 0 Å². The molecule has 0 saturated heterocycles. The predicted molar refractivity (Wildman–Crippen MR) is 48.7 cm³/mol. The number of unbranched alkanes of at least 4 members (excludes halogenated alkanes) is 1. The van der Waals surface area contributed by atoms with Gasteiger partial charge in [-0.25, -0.2) is 0 Å². The lowest BCUT2D eigenvalue weighted by Crippen LogP contribution is -2.42. The second kappa shape index (κ2) is 3.90. The first-order valence-electron chi connectivity index (χ1n) is 4.73. The van der Waals surface area contributed by atoms with Gasteiger partial charge in [-0.2, -0.15) is 0 Å². The molecule has 12 heavy (non-hydrogen) atoms. The van der Waals surface area contributed by atoms with Crippen molar-refractivity contribution in [3.8, 4) is 0 Å². The van der Waals surface area contributed by atoms with E-state index in [0.29, 0.717) is 13.0 Å². The van der Waals surface area contributed by atoms with Gasteiger partial charge < -0.3 is 11.1 Å². The molecule has 1 saturated carbocycles. The smallest absolute Gasteiger partial charge is 0.220 e. The number of carbonyl (C=O) groups excluding carboxylic acids is 1. The van der Waals surface area contributed by atoms with E-state index in [1.807, 2.05) is 0 Å². The summed E-state index contributed by atoms with van der Waals surface area (Å²) in [4.78, 5) is 11.2. The molecule has 1 aliphatic rings. The zero-order valence-corrected chi connectivity index (χ0v) is 7.73. The normalized spacial score (nSPS) is 18.8. The molecule has 1 aliphatic carbocycles. The fraction of sp³-hybridized carbons (Fsp3) is 0.889. The number of amides is 1. The van der Waals surface area contributed by atoms with Gasteiger partial charge in [-0.05, 0) is 19.3 Å². The molecule has 0 heterocycles. The Kier molecular flexibility index (Phi) is 3.09. The highest BCUT2D eigenvalue weighted by Crippen LogP contribution is 2.33. The van der Waals surface area contributed by atoms with Crippen molar-refractivity contribution in [2.45, 2.75) is 44.6 Å². The van der Waals surface area contributed by atoms with Crippen molar-refractivity contribution < 1.29 is 4.79 Å². The van der Waals surface area contributed by atoms with Gasteiger partial charge >= 0.3 is 0 Å². The summed E-state index contributed by atoms with van der Waals surface area (Å²) in [7, 11) is 0. The van der Waals surface area contributed by atoms with Crippen molar-refractivity contribution in [2.75, 3.05) is 6.54 Å². The Morgan fingerprint density at radius 2 is 2.25 bits per heavy atom. The van der Waals surface area contributed by atoms with Crippen LogP contribution in [0.5, 0.6) is 0 Å². The fourth-order valence-corrected chi connectivity index (χ4v) is 1.23. The monoisotopic (exact) mass is 170 g/mol. The Bertz CT molecular complexity index is 164. The van der Waals surface area contributed by atoms with Gasteiger partial charge in [0.2, 0.25) is 5.91 Å². The van der Waals surface area contributed by atoms with Gasteiger partial charge in [0.15, 0.2) is 0 Å². The Morgan fingerprint density at radius 3 is 2.67 bits per heavy atom. The van der Waals surface area contributed by atoms with Crippen LogP contribution in [0.4, 0.5) is 0 Å². The maximum absolute atomic E-state index is 11.2. The van der Waals surface area contributed by atoms with Crippen molar-refractivity contribution in [2.24, 2.45) is 5.73 Å². The minimum atomic E-state index is -0.00910. The Balaban J connectivity index is 2.17. The quantitative estimate of drug-likeness (QED) is 0.640. The number of nitrogens with two attached hydrogens (primary N) is 1. The van der Waals surface area contributed by atoms with E-state index in [4.69, 9.17) is 5.73 Å². The molecule has 0 spiro atoms. The zero-order chi connectivity index (χ0) is 9.03. The molecule has 3 nitrogen and oxygen atoms in total. The number of hydrogen-bond donors (Lipinski definition) is 2. The maximum atomic E-state index is 11.2. The van der Waals surface area contributed by atoms with E-state index in [-0.39, 0.29) is 11.4 Å². The number of nitrogens with one attached hydrogen (secondary N) is 1. The number of rotatable bonds is 5. The first-order chi connectivity index (χ1) is 5.72. The van der Waals surface area contributed by atoms with Crippen LogP contribution < -0.4 is 11.1 Å². The highest BCUT2D eigenvalue weighted by Gasteiger charge is 2.42. The summed E-state index contributed by atoms with van der Waals surface area (Å²) in [6, 6.07) is 0. The van der Waals surface area contributed by atoms with Gasteiger partial charge in [0.05, 0.1) is 5.54 Å². The van der Waals surface area contributed by atoms with Gasteiger partial charge in [-0.1, -0.05) is 13.3 Å². The van der Waals surface area contributed by atoms with Crippen LogP contribution in [-0.4, -0.2) is 18.0 Å². The highest BCUT2D eigenvalue weighted by atomic mass is 16.1. The van der Waals surface area contributed by atoms with Crippen LogP contribution >= 0.6 is 0 Å². The Labute approximate surface area is 73.7 Å². The van der Waals surface area contributed by atoms with Crippen LogP contribution in [0.2, 0.25) is 0 Å². The molecule has 0 aromatic rings. The topological polar surface area (TPSA) is 55.1 Å². The summed E-state index contributed by atoms with van der Waals surface area (Å²) < 4.78 is 0. The Morgan fingerprint density at radius 1 is 1.58 bits per heavy atom. The Hall–Kier alpha value is -0.570. The summed E-state index contributed by atoms with van der Waals surface area (Å²) in [5.41, 5.74) is 5.52. The molecule has 1 rings (SSSR count). The summed E-state index contributed by atoms with van der Waals surface area (Å²) in [5, 5.41) is 2.99. The summed E-state index contributed by atoms with van der Waals surface area (Å²) in [5.74, 6) is 0.166. The van der Waals surface area contributed by atoms with Crippen molar-refractivity contribution in [3.05, 3.63) is 0 Å². The lowest BCUT2D eigenvalue weighted by molar-refractivity contribution is -0.122. The van der Waals surface area contributed by atoms with Gasteiger partial charge in [0.25, 0.3) is 0 Å². The molecule has 70 valence electrons. The molecule has 0 atom stereocenters. The third-order valence-corrected chi connectivity index (χ3v) is 2.41. The molecule has 0 unspecified atom stereocenters. The molecule has 0 bridgehead atoms. The highest BCUT2D eigenvalue weighted by molar-refractivity contribution is 5.77. The van der Waals surface area contributed by atoms with Gasteiger partial charge in [-0.3, -0.25) is 4.79 Å². The molecule has 0 aromatic carbocycles. The van der Waals surface area contributed by atoms with Gasteiger partial charge in [-0.15, -0.1) is 0 Å². The molecule has 1 fully saturated rings. The average Bonchev–Trinajstić information content (AvgIpc) is 2.82. The van der Waals surface area contributed by atoms with E-state index in [9.17, 15) is 4.79 Å². The molecule has 3 heteroatoms. The fourth-order valence-electron chi connectivity index (χ4n) is 1.23. The molecule has 3 N–H and O–H groups in total.